The molecule has 30 heavy (non-hydrogen) atoms. The Morgan fingerprint density at radius 1 is 1.00 bits per heavy atom. The first-order chi connectivity index (χ1) is 13.9. The van der Waals surface area contributed by atoms with Crippen molar-refractivity contribution < 1.29 is 19.8 Å². The summed E-state index contributed by atoms with van der Waals surface area (Å²) in [6.45, 7) is 8.08. The highest BCUT2D eigenvalue weighted by Crippen LogP contribution is 2.30. The van der Waals surface area contributed by atoms with Crippen molar-refractivity contribution in [3.63, 3.8) is 0 Å². The first-order valence-electron chi connectivity index (χ1n) is 8.85. The summed E-state index contributed by atoms with van der Waals surface area (Å²) in [6, 6.07) is 10.6. The minimum atomic E-state index is -1.26. The number of aliphatic carboxylic acids is 2. The predicted octanol–water partition coefficient (Wildman–Crippen LogP) is 2.64. The fraction of sp³-hybridized carbons (Fsp3) is 0.333. The summed E-state index contributed by atoms with van der Waals surface area (Å²) in [7, 11) is 0. The van der Waals surface area contributed by atoms with Crippen LogP contribution in [0.5, 0.6) is 0 Å². The topological polar surface area (TPSA) is 153 Å². The second-order valence-electron chi connectivity index (χ2n) is 7.50. The van der Waals surface area contributed by atoms with Crippen molar-refractivity contribution in [3.05, 3.63) is 59.7 Å². The van der Waals surface area contributed by atoms with Crippen LogP contribution in [0.15, 0.2) is 43.0 Å². The van der Waals surface area contributed by atoms with Gasteiger partial charge in [0.15, 0.2) is 0 Å². The minimum absolute atomic E-state index is 0.558. The van der Waals surface area contributed by atoms with Gasteiger partial charge >= 0.3 is 11.9 Å². The number of nitrogens with zero attached hydrogens (tertiary/aromatic N) is 5. The highest BCUT2D eigenvalue weighted by molar-refractivity contribution is 5.89. The van der Waals surface area contributed by atoms with Crippen LogP contribution < -0.4 is 0 Å². The molecule has 2 aromatic rings. The number of carboxylic acid groups (broad SMARTS) is 2. The monoisotopic (exact) mass is 409 g/mol. The van der Waals surface area contributed by atoms with E-state index in [2.05, 4.69) is 22.2 Å². The van der Waals surface area contributed by atoms with Crippen LogP contribution in [-0.2, 0) is 27.0 Å². The van der Waals surface area contributed by atoms with E-state index in [0.717, 1.165) is 16.7 Å². The van der Waals surface area contributed by atoms with Gasteiger partial charge in [-0.25, -0.2) is 19.3 Å². The number of carboxylic acids is 2. The summed E-state index contributed by atoms with van der Waals surface area (Å²) in [4.78, 5) is 23.0. The van der Waals surface area contributed by atoms with E-state index in [9.17, 15) is 20.1 Å². The van der Waals surface area contributed by atoms with Crippen molar-refractivity contribution in [2.45, 2.75) is 45.1 Å². The number of benzene rings is 1. The highest BCUT2D eigenvalue weighted by Gasteiger charge is 2.26. The van der Waals surface area contributed by atoms with E-state index in [1.165, 1.54) is 6.33 Å². The second-order valence-corrected chi connectivity index (χ2v) is 7.50. The van der Waals surface area contributed by atoms with E-state index in [1.54, 1.807) is 11.0 Å². The molecule has 0 fully saturated rings. The molecule has 0 saturated heterocycles. The molecule has 1 aromatic heterocycles. The SMILES string of the molecule is CC(C)(C#N)c1cc(Cn2cncn2)cc(C(C)(C)C#N)c1.O=C(O)/C=C/C(=O)O. The second kappa shape index (κ2) is 9.99. The van der Waals surface area contributed by atoms with Crippen molar-refractivity contribution >= 4 is 11.9 Å². The Kier molecular flexibility index (Phi) is 8.01. The van der Waals surface area contributed by atoms with Gasteiger partial charge in [0.05, 0.1) is 29.5 Å². The largest absolute Gasteiger partial charge is 0.478 e. The molecule has 0 spiro atoms. The molecular weight excluding hydrogens is 386 g/mol. The molecule has 0 atom stereocenters. The molecule has 9 nitrogen and oxygen atoms in total. The average Bonchev–Trinajstić information content (AvgIpc) is 3.19. The van der Waals surface area contributed by atoms with E-state index in [1.807, 2.05) is 45.9 Å². The van der Waals surface area contributed by atoms with Crippen LogP contribution in [0.4, 0.5) is 0 Å². The Morgan fingerprint density at radius 2 is 1.47 bits per heavy atom. The molecule has 0 saturated carbocycles. The Morgan fingerprint density at radius 3 is 1.80 bits per heavy atom. The third-order valence-corrected chi connectivity index (χ3v) is 4.17. The lowest BCUT2D eigenvalue weighted by molar-refractivity contribution is -0.134. The molecule has 0 aliphatic carbocycles. The molecule has 0 unspecified atom stereocenters. The predicted molar refractivity (Wildman–Crippen MR) is 107 cm³/mol. The Hall–Kier alpha value is -3.98. The van der Waals surface area contributed by atoms with Crippen LogP contribution >= 0.6 is 0 Å². The van der Waals surface area contributed by atoms with Crippen LogP contribution in [0.3, 0.4) is 0 Å². The Bertz CT molecular complexity index is 949. The molecule has 9 heteroatoms. The van der Waals surface area contributed by atoms with E-state index in [0.29, 0.717) is 18.7 Å². The lowest BCUT2D eigenvalue weighted by atomic mass is 9.79. The zero-order valence-electron chi connectivity index (χ0n) is 17.2. The molecule has 1 aromatic carbocycles. The van der Waals surface area contributed by atoms with E-state index in [4.69, 9.17) is 10.2 Å². The molecule has 0 radical (unpaired) electrons. The molecule has 1 heterocycles. The maximum atomic E-state index is 9.55. The first-order valence-corrected chi connectivity index (χ1v) is 8.85. The molecule has 156 valence electrons. The van der Waals surface area contributed by atoms with Crippen LogP contribution in [0.1, 0.15) is 44.4 Å². The minimum Gasteiger partial charge on any atom is -0.478 e. The fourth-order valence-corrected chi connectivity index (χ4v) is 2.28. The van der Waals surface area contributed by atoms with E-state index in [-0.39, 0.29) is 0 Å². The van der Waals surface area contributed by atoms with Crippen molar-refractivity contribution in [1.29, 1.82) is 10.5 Å². The lowest BCUT2D eigenvalue weighted by Crippen LogP contribution is -2.20. The summed E-state index contributed by atoms with van der Waals surface area (Å²) in [5, 5.41) is 38.5. The fourth-order valence-electron chi connectivity index (χ4n) is 2.28. The summed E-state index contributed by atoms with van der Waals surface area (Å²) in [5.74, 6) is -2.51. The standard InChI is InChI=1S/C17H19N5.C4H4O4/c1-16(2,9-18)14-5-13(8-22-12-20-11-21-22)6-15(7-14)17(3,4)10-19;5-3(6)1-2-4(7)8/h5-7,11-12H,8H2,1-4H3;1-2H,(H,5,6)(H,7,8)/b;2-1+. The number of hydrogen-bond donors (Lipinski definition) is 2. The normalized spacial score (nSPS) is 11.1. The van der Waals surface area contributed by atoms with Crippen LogP contribution in [0.2, 0.25) is 0 Å². The molecule has 0 bridgehead atoms. The van der Waals surface area contributed by atoms with Crippen LogP contribution in [-0.4, -0.2) is 36.9 Å². The zero-order chi connectivity index (χ0) is 22.9. The van der Waals surface area contributed by atoms with Gasteiger partial charge in [-0.05, 0) is 44.4 Å². The maximum Gasteiger partial charge on any atom is 0.328 e. The van der Waals surface area contributed by atoms with Crippen molar-refractivity contribution in [2.24, 2.45) is 0 Å². The third kappa shape index (κ3) is 7.21. The lowest BCUT2D eigenvalue weighted by Gasteiger charge is -2.23. The summed E-state index contributed by atoms with van der Waals surface area (Å²) < 4.78 is 1.72. The van der Waals surface area contributed by atoms with Gasteiger partial charge in [-0.2, -0.15) is 15.6 Å². The molecule has 0 amide bonds. The number of rotatable bonds is 6. The number of aromatic nitrogens is 3. The van der Waals surface area contributed by atoms with Gasteiger partial charge in [0.1, 0.15) is 12.7 Å². The summed E-state index contributed by atoms with van der Waals surface area (Å²) in [5.41, 5.74) is 1.60. The quantitative estimate of drug-likeness (QED) is 0.690. The molecule has 0 aliphatic heterocycles. The zero-order valence-corrected chi connectivity index (χ0v) is 17.2. The number of hydrogen-bond acceptors (Lipinski definition) is 6. The van der Waals surface area contributed by atoms with Crippen LogP contribution in [0, 0.1) is 22.7 Å². The number of nitriles is 2. The Balaban J connectivity index is 0.000000479. The van der Waals surface area contributed by atoms with Gasteiger partial charge in [0.25, 0.3) is 0 Å². The van der Waals surface area contributed by atoms with Crippen molar-refractivity contribution in [1.82, 2.24) is 14.8 Å². The molecular formula is C21H23N5O4. The number of carbonyl (C=O) groups is 2. The summed E-state index contributed by atoms with van der Waals surface area (Å²) in [6.07, 6.45) is 4.26. The Labute approximate surface area is 174 Å². The van der Waals surface area contributed by atoms with Crippen LogP contribution in [0.25, 0.3) is 0 Å². The van der Waals surface area contributed by atoms with Crippen molar-refractivity contribution in [3.8, 4) is 12.1 Å². The maximum absolute atomic E-state index is 9.55. The molecule has 0 aliphatic rings. The van der Waals surface area contributed by atoms with Gasteiger partial charge in [-0.15, -0.1) is 0 Å². The van der Waals surface area contributed by atoms with Gasteiger partial charge in [-0.1, -0.05) is 18.2 Å². The third-order valence-electron chi connectivity index (χ3n) is 4.17. The van der Waals surface area contributed by atoms with Gasteiger partial charge in [-0.3, -0.25) is 0 Å². The van der Waals surface area contributed by atoms with Gasteiger partial charge < -0.3 is 10.2 Å². The average molecular weight is 409 g/mol. The first kappa shape index (κ1) is 24.1. The van der Waals surface area contributed by atoms with Crippen molar-refractivity contribution in [2.75, 3.05) is 0 Å². The smallest absolute Gasteiger partial charge is 0.328 e. The summed E-state index contributed by atoms with van der Waals surface area (Å²) >= 11 is 0. The van der Waals surface area contributed by atoms with E-state index >= 15 is 0 Å². The highest BCUT2D eigenvalue weighted by atomic mass is 16.4. The molecule has 2 N–H and O–H groups in total. The van der Waals surface area contributed by atoms with E-state index < -0.39 is 22.8 Å². The molecule has 2 rings (SSSR count). The van der Waals surface area contributed by atoms with Gasteiger partial charge in [0.2, 0.25) is 0 Å². The van der Waals surface area contributed by atoms with Gasteiger partial charge in [0, 0.05) is 12.2 Å².